The van der Waals surface area contributed by atoms with Gasteiger partial charge in [0, 0.05) is 22.0 Å². The highest BCUT2D eigenvalue weighted by molar-refractivity contribution is 7.92. The van der Waals surface area contributed by atoms with Gasteiger partial charge in [-0.3, -0.25) is 9.52 Å². The van der Waals surface area contributed by atoms with Gasteiger partial charge in [0.25, 0.3) is 15.9 Å². The van der Waals surface area contributed by atoms with Crippen LogP contribution in [0.5, 0.6) is 5.75 Å². The number of thiophene rings is 1. The SMILES string of the molecule is COc1ccc(NC(=O)c2cc3c(Cl)nccc3s2)cc1S(=O)(=O)Nc1c(C)cccc1C. The Morgan fingerprint density at radius 2 is 1.82 bits per heavy atom. The van der Waals surface area contributed by atoms with E-state index < -0.39 is 10.0 Å². The first-order valence-corrected chi connectivity index (χ1v) is 12.5. The Morgan fingerprint density at radius 3 is 2.48 bits per heavy atom. The minimum Gasteiger partial charge on any atom is -0.495 e. The first kappa shape index (κ1) is 23.0. The summed E-state index contributed by atoms with van der Waals surface area (Å²) in [7, 11) is -2.61. The number of fused-ring (bicyclic) bond motifs is 1. The van der Waals surface area contributed by atoms with E-state index in [4.69, 9.17) is 16.3 Å². The highest BCUT2D eigenvalue weighted by Gasteiger charge is 2.23. The van der Waals surface area contributed by atoms with Gasteiger partial charge in [-0.1, -0.05) is 29.8 Å². The third kappa shape index (κ3) is 4.66. The van der Waals surface area contributed by atoms with Gasteiger partial charge in [-0.25, -0.2) is 13.4 Å². The Labute approximate surface area is 200 Å². The van der Waals surface area contributed by atoms with Crippen molar-refractivity contribution in [1.29, 1.82) is 0 Å². The fourth-order valence-electron chi connectivity index (χ4n) is 3.36. The lowest BCUT2D eigenvalue weighted by molar-refractivity contribution is 0.103. The summed E-state index contributed by atoms with van der Waals surface area (Å²) in [6.45, 7) is 3.65. The smallest absolute Gasteiger partial charge is 0.265 e. The van der Waals surface area contributed by atoms with E-state index in [2.05, 4.69) is 15.0 Å². The molecule has 10 heteroatoms. The van der Waals surface area contributed by atoms with Gasteiger partial charge in [0.05, 0.1) is 17.7 Å². The van der Waals surface area contributed by atoms with Gasteiger partial charge < -0.3 is 10.1 Å². The van der Waals surface area contributed by atoms with Gasteiger partial charge >= 0.3 is 0 Å². The summed E-state index contributed by atoms with van der Waals surface area (Å²) < 4.78 is 35.2. The number of methoxy groups -OCH3 is 1. The Hall–Kier alpha value is -3.14. The fraction of sp³-hybridized carbons (Fsp3) is 0.130. The van der Waals surface area contributed by atoms with Crippen LogP contribution in [-0.2, 0) is 10.0 Å². The molecule has 2 N–H and O–H groups in total. The van der Waals surface area contributed by atoms with Gasteiger partial charge in [-0.15, -0.1) is 11.3 Å². The van der Waals surface area contributed by atoms with Crippen molar-refractivity contribution in [3.63, 3.8) is 0 Å². The maximum Gasteiger partial charge on any atom is 0.265 e. The number of ether oxygens (including phenoxy) is 1. The molecule has 0 unspecified atom stereocenters. The van der Waals surface area contributed by atoms with Crippen LogP contribution in [-0.4, -0.2) is 26.4 Å². The number of carbonyl (C=O) groups excluding carboxylic acids is 1. The van der Waals surface area contributed by atoms with Crippen molar-refractivity contribution in [3.8, 4) is 5.75 Å². The molecule has 0 aliphatic heterocycles. The van der Waals surface area contributed by atoms with Crippen LogP contribution in [0.3, 0.4) is 0 Å². The first-order valence-electron chi connectivity index (χ1n) is 9.82. The number of carbonyl (C=O) groups is 1. The number of amides is 1. The molecule has 0 aliphatic rings. The lowest BCUT2D eigenvalue weighted by Crippen LogP contribution is -2.17. The number of sulfonamides is 1. The fourth-order valence-corrected chi connectivity index (χ4v) is 5.98. The number of hydrogen-bond donors (Lipinski definition) is 2. The molecule has 0 aliphatic carbocycles. The quantitative estimate of drug-likeness (QED) is 0.334. The normalized spacial score (nSPS) is 11.4. The predicted octanol–water partition coefficient (Wildman–Crippen LogP) is 5.63. The van der Waals surface area contributed by atoms with Crippen LogP contribution in [0, 0.1) is 13.8 Å². The van der Waals surface area contributed by atoms with Crippen molar-refractivity contribution in [3.05, 3.63) is 75.9 Å². The molecule has 2 aromatic heterocycles. The number of aryl methyl sites for hydroxylation is 2. The Morgan fingerprint density at radius 1 is 1.09 bits per heavy atom. The van der Waals surface area contributed by atoms with Crippen LogP contribution in [0.4, 0.5) is 11.4 Å². The molecule has 170 valence electrons. The number of nitrogens with one attached hydrogen (secondary N) is 2. The van der Waals surface area contributed by atoms with E-state index in [1.807, 2.05) is 32.0 Å². The van der Waals surface area contributed by atoms with Gasteiger partial charge in [0.1, 0.15) is 15.8 Å². The van der Waals surface area contributed by atoms with Gasteiger partial charge in [-0.05, 0) is 55.3 Å². The molecule has 4 aromatic rings. The number of anilines is 2. The van der Waals surface area contributed by atoms with Crippen molar-refractivity contribution in [2.45, 2.75) is 18.7 Å². The summed E-state index contributed by atoms with van der Waals surface area (Å²) in [6.07, 6.45) is 1.58. The maximum atomic E-state index is 13.2. The molecular weight excluding hydrogens is 482 g/mol. The average molecular weight is 502 g/mol. The van der Waals surface area contributed by atoms with E-state index in [1.54, 1.807) is 24.4 Å². The summed E-state index contributed by atoms with van der Waals surface area (Å²) >= 11 is 7.37. The van der Waals surface area contributed by atoms with Gasteiger partial charge in [0.15, 0.2) is 0 Å². The summed E-state index contributed by atoms with van der Waals surface area (Å²) in [6, 6.07) is 13.4. The molecular formula is C23H20ClN3O4S2. The molecule has 33 heavy (non-hydrogen) atoms. The molecule has 0 fully saturated rings. The predicted molar refractivity (Wildman–Crippen MR) is 132 cm³/mol. The van der Waals surface area contributed by atoms with Crippen LogP contribution >= 0.6 is 22.9 Å². The number of hydrogen-bond acceptors (Lipinski definition) is 6. The summed E-state index contributed by atoms with van der Waals surface area (Å²) in [4.78, 5) is 17.2. The maximum absolute atomic E-state index is 13.2. The molecule has 1 amide bonds. The van der Waals surface area contributed by atoms with Crippen LogP contribution in [0.2, 0.25) is 5.15 Å². The highest BCUT2D eigenvalue weighted by atomic mass is 35.5. The van der Waals surface area contributed by atoms with Crippen LogP contribution in [0.25, 0.3) is 10.1 Å². The molecule has 0 spiro atoms. The van der Waals surface area contributed by atoms with Crippen molar-refractivity contribution in [2.24, 2.45) is 0 Å². The third-order valence-corrected chi connectivity index (χ3v) is 7.82. The zero-order valence-electron chi connectivity index (χ0n) is 18.0. The van der Waals surface area contributed by atoms with Gasteiger partial charge in [0.2, 0.25) is 0 Å². The number of benzene rings is 2. The molecule has 2 heterocycles. The Balaban J connectivity index is 1.66. The molecule has 0 radical (unpaired) electrons. The second-order valence-corrected chi connectivity index (χ2v) is 10.4. The van der Waals surface area contributed by atoms with Crippen molar-refractivity contribution < 1.29 is 17.9 Å². The monoisotopic (exact) mass is 501 g/mol. The van der Waals surface area contributed by atoms with E-state index in [0.717, 1.165) is 15.8 Å². The third-order valence-electron chi connectivity index (χ3n) is 5.05. The van der Waals surface area contributed by atoms with Gasteiger partial charge in [-0.2, -0.15) is 0 Å². The lowest BCUT2D eigenvalue weighted by atomic mass is 10.1. The standard InChI is InChI=1S/C23H20ClN3O4S2/c1-13-5-4-6-14(2)21(13)27-33(29,30)20-11-15(7-8-17(20)31-3)26-23(28)19-12-16-18(32-19)9-10-25-22(16)24/h4-12,27H,1-3H3,(H,26,28). The number of halogens is 1. The van der Waals surface area contributed by atoms with Crippen LogP contribution in [0.15, 0.2) is 59.6 Å². The number of rotatable bonds is 6. The molecule has 2 aromatic carbocycles. The second-order valence-electron chi connectivity index (χ2n) is 7.32. The second kappa shape index (κ2) is 9.01. The first-order chi connectivity index (χ1) is 15.7. The Kier molecular flexibility index (Phi) is 6.29. The molecule has 0 saturated heterocycles. The zero-order valence-corrected chi connectivity index (χ0v) is 20.4. The summed E-state index contributed by atoms with van der Waals surface area (Å²) in [5.74, 6) is -0.227. The number of para-hydroxylation sites is 1. The zero-order chi connectivity index (χ0) is 23.8. The van der Waals surface area contributed by atoms with E-state index in [1.165, 1.54) is 30.6 Å². The molecule has 7 nitrogen and oxygen atoms in total. The highest BCUT2D eigenvalue weighted by Crippen LogP contribution is 2.33. The van der Waals surface area contributed by atoms with E-state index in [9.17, 15) is 13.2 Å². The minimum atomic E-state index is -4.00. The molecule has 0 bridgehead atoms. The van der Waals surface area contributed by atoms with Crippen molar-refractivity contribution >= 4 is 60.3 Å². The number of nitrogens with zero attached hydrogens (tertiary/aromatic N) is 1. The van der Waals surface area contributed by atoms with Crippen molar-refractivity contribution in [1.82, 2.24) is 4.98 Å². The van der Waals surface area contributed by atoms with E-state index in [-0.39, 0.29) is 16.6 Å². The summed E-state index contributed by atoms with van der Waals surface area (Å²) in [5, 5.41) is 3.75. The largest absolute Gasteiger partial charge is 0.495 e. The molecule has 0 atom stereocenters. The van der Waals surface area contributed by atoms with E-state index >= 15 is 0 Å². The Bertz CT molecular complexity index is 1460. The minimum absolute atomic E-state index is 0.0889. The topological polar surface area (TPSA) is 97.4 Å². The average Bonchev–Trinajstić information content (AvgIpc) is 3.22. The lowest BCUT2D eigenvalue weighted by Gasteiger charge is -2.16. The van der Waals surface area contributed by atoms with Crippen LogP contribution in [0.1, 0.15) is 20.8 Å². The van der Waals surface area contributed by atoms with Crippen molar-refractivity contribution in [2.75, 3.05) is 17.1 Å². The molecule has 4 rings (SSSR count). The van der Waals surface area contributed by atoms with E-state index in [0.29, 0.717) is 26.8 Å². The number of aromatic nitrogens is 1. The molecule has 0 saturated carbocycles. The van der Waals surface area contributed by atoms with Crippen LogP contribution < -0.4 is 14.8 Å². The summed E-state index contributed by atoms with van der Waals surface area (Å²) in [5.41, 5.74) is 2.40. The number of pyridine rings is 1.